The minimum atomic E-state index is -0.499. The summed E-state index contributed by atoms with van der Waals surface area (Å²) in [6.45, 7) is 5.07. The normalized spacial score (nSPS) is 16.4. The number of nitrogens with one attached hydrogen (secondary N) is 1. The maximum Gasteiger partial charge on any atom is 0.277 e. The molecule has 0 saturated heterocycles. The second-order valence-electron chi connectivity index (χ2n) is 11.0. The smallest absolute Gasteiger partial charge is 0.277 e. The van der Waals surface area contributed by atoms with Gasteiger partial charge in [-0.15, -0.1) is 0 Å². The molecule has 3 aromatic rings. The van der Waals surface area contributed by atoms with Crippen LogP contribution in [0.4, 0.5) is 17.1 Å². The fourth-order valence-electron chi connectivity index (χ4n) is 5.12. The fraction of sp³-hybridized carbons (Fsp3) is 0.258. The SMILES string of the molecule is CC1(C)CC(=O)C2=C(C1)N(c1ccc(Cl)cc1)CN(c1ccc(OCC(=O)N/N=C/c3cccc([N+](=O)[O-])c3)cc1)C2. The highest BCUT2D eigenvalue weighted by molar-refractivity contribution is 6.30. The summed E-state index contributed by atoms with van der Waals surface area (Å²) in [6.07, 6.45) is 2.65. The van der Waals surface area contributed by atoms with Gasteiger partial charge in [-0.1, -0.05) is 37.6 Å². The van der Waals surface area contributed by atoms with Crippen LogP contribution in [0, 0.1) is 15.5 Å². The van der Waals surface area contributed by atoms with Gasteiger partial charge in [0.05, 0.1) is 17.8 Å². The van der Waals surface area contributed by atoms with Crippen molar-refractivity contribution >= 4 is 46.6 Å². The van der Waals surface area contributed by atoms with Gasteiger partial charge in [-0.25, -0.2) is 5.43 Å². The maximum absolute atomic E-state index is 13.2. The van der Waals surface area contributed by atoms with E-state index in [1.54, 1.807) is 18.2 Å². The van der Waals surface area contributed by atoms with Crippen LogP contribution in [0.1, 0.15) is 32.3 Å². The van der Waals surface area contributed by atoms with Gasteiger partial charge in [-0.3, -0.25) is 19.7 Å². The molecular weight excluding hydrogens is 558 g/mol. The lowest BCUT2D eigenvalue weighted by Gasteiger charge is -2.45. The van der Waals surface area contributed by atoms with Crippen molar-refractivity contribution in [2.24, 2.45) is 10.5 Å². The van der Waals surface area contributed by atoms with E-state index in [0.717, 1.165) is 29.1 Å². The predicted molar refractivity (Wildman–Crippen MR) is 162 cm³/mol. The van der Waals surface area contributed by atoms with Crippen LogP contribution in [-0.4, -0.2) is 42.6 Å². The van der Waals surface area contributed by atoms with Gasteiger partial charge in [0.15, 0.2) is 12.4 Å². The number of anilines is 2. The first kappa shape index (κ1) is 28.8. The number of halogens is 1. The molecule has 0 bridgehead atoms. The number of hydrogen-bond donors (Lipinski definition) is 1. The molecule has 2 aliphatic rings. The van der Waals surface area contributed by atoms with Crippen molar-refractivity contribution in [3.8, 4) is 5.75 Å². The summed E-state index contributed by atoms with van der Waals surface area (Å²) >= 11 is 6.15. The molecule has 10 nitrogen and oxygen atoms in total. The summed E-state index contributed by atoms with van der Waals surface area (Å²) in [4.78, 5) is 40.1. The molecule has 0 aromatic heterocycles. The zero-order chi connectivity index (χ0) is 29.9. The van der Waals surface area contributed by atoms with Gasteiger partial charge in [0, 0.05) is 58.3 Å². The Kier molecular flexibility index (Phi) is 8.26. The highest BCUT2D eigenvalue weighted by atomic mass is 35.5. The summed E-state index contributed by atoms with van der Waals surface area (Å²) in [5.41, 5.74) is 6.44. The summed E-state index contributed by atoms with van der Waals surface area (Å²) < 4.78 is 5.61. The van der Waals surface area contributed by atoms with Gasteiger partial charge < -0.3 is 14.5 Å². The number of allylic oxidation sites excluding steroid dienone is 1. The van der Waals surface area contributed by atoms with Gasteiger partial charge in [0.1, 0.15) is 5.75 Å². The summed E-state index contributed by atoms with van der Waals surface area (Å²) in [7, 11) is 0. The number of rotatable bonds is 8. The Morgan fingerprint density at radius 1 is 1.10 bits per heavy atom. The molecular formula is C31H30ClN5O5. The summed E-state index contributed by atoms with van der Waals surface area (Å²) in [5.74, 6) is 0.191. The van der Waals surface area contributed by atoms with Crippen molar-refractivity contribution in [3.05, 3.63) is 105 Å². The van der Waals surface area contributed by atoms with Gasteiger partial charge >= 0.3 is 0 Å². The van der Waals surface area contributed by atoms with E-state index >= 15 is 0 Å². The molecule has 0 unspecified atom stereocenters. The van der Waals surface area contributed by atoms with Gasteiger partial charge in [-0.2, -0.15) is 5.10 Å². The molecule has 1 aliphatic carbocycles. The largest absolute Gasteiger partial charge is 0.484 e. The number of nitro benzene ring substituents is 1. The molecule has 1 aliphatic heterocycles. The Morgan fingerprint density at radius 2 is 1.81 bits per heavy atom. The molecule has 42 heavy (non-hydrogen) atoms. The Morgan fingerprint density at radius 3 is 2.52 bits per heavy atom. The number of nitrogens with zero attached hydrogens (tertiary/aromatic N) is 4. The highest BCUT2D eigenvalue weighted by Gasteiger charge is 2.39. The number of hydrogen-bond acceptors (Lipinski definition) is 8. The van der Waals surface area contributed by atoms with Crippen LogP contribution < -0.4 is 20.0 Å². The number of non-ortho nitro benzene ring substituents is 1. The fourth-order valence-corrected chi connectivity index (χ4v) is 5.25. The lowest BCUT2D eigenvalue weighted by Crippen LogP contribution is -2.48. The second kappa shape index (κ2) is 12.0. The van der Waals surface area contributed by atoms with E-state index in [4.69, 9.17) is 16.3 Å². The third-order valence-corrected chi connectivity index (χ3v) is 7.40. The van der Waals surface area contributed by atoms with Crippen molar-refractivity contribution in [2.45, 2.75) is 26.7 Å². The van der Waals surface area contributed by atoms with Crippen LogP contribution in [0.2, 0.25) is 5.02 Å². The van der Waals surface area contributed by atoms with Crippen molar-refractivity contribution in [3.63, 3.8) is 0 Å². The molecule has 5 rings (SSSR count). The van der Waals surface area contributed by atoms with Crippen LogP contribution in [0.5, 0.6) is 5.75 Å². The zero-order valence-corrected chi connectivity index (χ0v) is 24.0. The van der Waals surface area contributed by atoms with E-state index in [0.29, 0.717) is 36.0 Å². The average Bonchev–Trinajstić information content (AvgIpc) is 2.96. The average molecular weight is 588 g/mol. The van der Waals surface area contributed by atoms with E-state index in [1.165, 1.54) is 24.4 Å². The third-order valence-electron chi connectivity index (χ3n) is 7.15. The van der Waals surface area contributed by atoms with Gasteiger partial charge in [0.2, 0.25) is 0 Å². The highest BCUT2D eigenvalue weighted by Crippen LogP contribution is 2.42. The van der Waals surface area contributed by atoms with Crippen LogP contribution >= 0.6 is 11.6 Å². The van der Waals surface area contributed by atoms with Crippen molar-refractivity contribution in [1.29, 1.82) is 0 Å². The lowest BCUT2D eigenvalue weighted by molar-refractivity contribution is -0.384. The number of hydrazone groups is 1. The monoisotopic (exact) mass is 587 g/mol. The van der Waals surface area contributed by atoms with Crippen molar-refractivity contribution < 1.29 is 19.2 Å². The van der Waals surface area contributed by atoms with E-state index < -0.39 is 10.8 Å². The Labute approximate surface area is 248 Å². The van der Waals surface area contributed by atoms with E-state index in [-0.39, 0.29) is 23.5 Å². The molecule has 0 radical (unpaired) electrons. The Hall–Kier alpha value is -4.70. The van der Waals surface area contributed by atoms with Crippen molar-refractivity contribution in [1.82, 2.24) is 5.43 Å². The quantitative estimate of drug-likeness (QED) is 0.204. The van der Waals surface area contributed by atoms with Crippen LogP contribution in [0.25, 0.3) is 0 Å². The van der Waals surface area contributed by atoms with Crippen LogP contribution in [0.3, 0.4) is 0 Å². The number of Topliss-reactive ketones (excluding diaryl/α,β-unsaturated/α-hetero) is 1. The molecule has 216 valence electrons. The van der Waals surface area contributed by atoms with Crippen molar-refractivity contribution in [2.75, 3.05) is 29.6 Å². The molecule has 1 amide bonds. The molecule has 11 heteroatoms. The zero-order valence-electron chi connectivity index (χ0n) is 23.2. The molecule has 0 fully saturated rings. The number of amides is 1. The number of carbonyl (C=O) groups is 2. The molecule has 0 atom stereocenters. The number of ketones is 1. The lowest BCUT2D eigenvalue weighted by atomic mass is 9.74. The first-order valence-electron chi connectivity index (χ1n) is 13.4. The molecule has 0 saturated carbocycles. The summed E-state index contributed by atoms with van der Waals surface area (Å²) in [6, 6.07) is 20.9. The maximum atomic E-state index is 13.2. The van der Waals surface area contributed by atoms with E-state index in [9.17, 15) is 19.7 Å². The standard InChI is InChI=1S/C31H30ClN5O5/c1-31(2)15-28-27(29(38)16-31)18-35(20-36(28)24-8-6-22(32)7-9-24)23-10-12-26(13-11-23)42-19-30(39)34-33-17-21-4-3-5-25(14-21)37(40)41/h3-14,17H,15-16,18-20H2,1-2H3,(H,34,39)/b33-17+. The van der Waals surface area contributed by atoms with E-state index in [1.807, 2.05) is 36.4 Å². The number of ether oxygens (including phenoxy) is 1. The minimum absolute atomic E-state index is 0.0641. The molecule has 1 N–H and O–H groups in total. The topological polar surface area (TPSA) is 117 Å². The first-order chi connectivity index (χ1) is 20.1. The number of carbonyl (C=O) groups excluding carboxylic acids is 2. The number of benzene rings is 3. The Balaban J connectivity index is 1.23. The minimum Gasteiger partial charge on any atom is -0.484 e. The number of nitro groups is 1. The van der Waals surface area contributed by atoms with Crippen LogP contribution in [0.15, 0.2) is 89.2 Å². The second-order valence-corrected chi connectivity index (χ2v) is 11.5. The van der Waals surface area contributed by atoms with Crippen LogP contribution in [-0.2, 0) is 9.59 Å². The molecule has 0 spiro atoms. The first-order valence-corrected chi connectivity index (χ1v) is 13.8. The van der Waals surface area contributed by atoms with Gasteiger partial charge in [-0.05, 0) is 60.4 Å². The summed E-state index contributed by atoms with van der Waals surface area (Å²) in [5, 5.41) is 15.4. The third kappa shape index (κ3) is 6.77. The Bertz CT molecular complexity index is 1570. The van der Waals surface area contributed by atoms with E-state index in [2.05, 4.69) is 34.2 Å². The predicted octanol–water partition coefficient (Wildman–Crippen LogP) is 5.70. The van der Waals surface area contributed by atoms with Gasteiger partial charge in [0.25, 0.3) is 11.6 Å². The molecule has 3 aromatic carbocycles. The molecule has 1 heterocycles.